The Morgan fingerprint density at radius 1 is 1.25 bits per heavy atom. The fourth-order valence-corrected chi connectivity index (χ4v) is 4.20. The van der Waals surface area contributed by atoms with Crippen LogP contribution in [0.2, 0.25) is 0 Å². The molecule has 112 valence electrons. The normalized spacial score (nSPS) is 17.2. The van der Waals surface area contributed by atoms with Gasteiger partial charge in [0.15, 0.2) is 0 Å². The van der Waals surface area contributed by atoms with Gasteiger partial charge in [0.25, 0.3) is 0 Å². The first kappa shape index (κ1) is 15.5. The molecule has 1 saturated carbocycles. The highest BCUT2D eigenvalue weighted by Gasteiger charge is 2.17. The SMILES string of the molecule is NCc1ccccc1OCCCS(=O)CC1CCCC1. The van der Waals surface area contributed by atoms with Crippen molar-refractivity contribution in [2.75, 3.05) is 18.1 Å². The van der Waals surface area contributed by atoms with Gasteiger partial charge in [-0.15, -0.1) is 0 Å². The van der Waals surface area contributed by atoms with Gasteiger partial charge >= 0.3 is 0 Å². The average molecular weight is 295 g/mol. The molecule has 1 aromatic rings. The number of rotatable bonds is 8. The van der Waals surface area contributed by atoms with Crippen molar-refractivity contribution in [2.24, 2.45) is 11.7 Å². The van der Waals surface area contributed by atoms with Gasteiger partial charge in [-0.1, -0.05) is 31.0 Å². The largest absolute Gasteiger partial charge is 0.493 e. The zero-order valence-corrected chi connectivity index (χ0v) is 12.9. The van der Waals surface area contributed by atoms with Crippen LogP contribution in [0.15, 0.2) is 24.3 Å². The third kappa shape index (κ3) is 4.91. The van der Waals surface area contributed by atoms with Crippen molar-refractivity contribution in [3.63, 3.8) is 0 Å². The minimum Gasteiger partial charge on any atom is -0.493 e. The van der Waals surface area contributed by atoms with Crippen LogP contribution in [0.25, 0.3) is 0 Å². The summed E-state index contributed by atoms with van der Waals surface area (Å²) in [6.07, 6.45) is 6.03. The van der Waals surface area contributed by atoms with Crippen LogP contribution in [0.5, 0.6) is 5.75 Å². The summed E-state index contributed by atoms with van der Waals surface area (Å²) < 4.78 is 17.7. The maximum atomic E-state index is 12.0. The van der Waals surface area contributed by atoms with Crippen molar-refractivity contribution >= 4 is 10.8 Å². The Balaban J connectivity index is 1.64. The molecule has 0 spiro atoms. The molecule has 1 aliphatic rings. The van der Waals surface area contributed by atoms with Crippen LogP contribution >= 0.6 is 0 Å². The zero-order chi connectivity index (χ0) is 14.2. The Kier molecular flexibility index (Phi) is 6.54. The lowest BCUT2D eigenvalue weighted by atomic mass is 10.1. The zero-order valence-electron chi connectivity index (χ0n) is 12.1. The van der Waals surface area contributed by atoms with Crippen LogP contribution in [0.4, 0.5) is 0 Å². The van der Waals surface area contributed by atoms with E-state index in [0.717, 1.165) is 29.2 Å². The summed E-state index contributed by atoms with van der Waals surface area (Å²) in [5.74, 6) is 3.20. The van der Waals surface area contributed by atoms with Crippen molar-refractivity contribution in [3.05, 3.63) is 29.8 Å². The van der Waals surface area contributed by atoms with Crippen LogP contribution in [-0.2, 0) is 17.3 Å². The van der Waals surface area contributed by atoms with Crippen LogP contribution in [0, 0.1) is 5.92 Å². The number of hydrogen-bond donors (Lipinski definition) is 1. The predicted molar refractivity (Wildman–Crippen MR) is 84.3 cm³/mol. The molecule has 2 rings (SSSR count). The van der Waals surface area contributed by atoms with Gasteiger partial charge in [0.2, 0.25) is 0 Å². The smallest absolute Gasteiger partial charge is 0.123 e. The summed E-state index contributed by atoms with van der Waals surface area (Å²) in [6.45, 7) is 1.11. The highest BCUT2D eigenvalue weighted by Crippen LogP contribution is 2.25. The molecule has 1 aromatic carbocycles. The lowest BCUT2D eigenvalue weighted by Gasteiger charge is -2.11. The molecule has 1 aliphatic carbocycles. The second-order valence-corrected chi connectivity index (χ2v) is 7.10. The molecule has 2 N–H and O–H groups in total. The van der Waals surface area contributed by atoms with E-state index >= 15 is 0 Å². The first-order valence-electron chi connectivity index (χ1n) is 7.55. The van der Waals surface area contributed by atoms with E-state index in [1.54, 1.807) is 0 Å². The first-order chi connectivity index (χ1) is 9.79. The van der Waals surface area contributed by atoms with E-state index < -0.39 is 10.8 Å². The number of benzene rings is 1. The van der Waals surface area contributed by atoms with Crippen molar-refractivity contribution in [2.45, 2.75) is 38.6 Å². The fourth-order valence-electron chi connectivity index (χ4n) is 2.74. The van der Waals surface area contributed by atoms with Crippen LogP contribution in [-0.4, -0.2) is 22.3 Å². The Morgan fingerprint density at radius 3 is 2.75 bits per heavy atom. The Hall–Kier alpha value is -0.870. The van der Waals surface area contributed by atoms with Crippen molar-refractivity contribution in [1.29, 1.82) is 0 Å². The lowest BCUT2D eigenvalue weighted by molar-refractivity contribution is 0.315. The van der Waals surface area contributed by atoms with Crippen molar-refractivity contribution < 1.29 is 8.95 Å². The molecule has 0 aliphatic heterocycles. The third-order valence-corrected chi connectivity index (χ3v) is 5.45. The molecule has 0 bridgehead atoms. The molecule has 0 saturated heterocycles. The molecule has 1 atom stereocenters. The number of nitrogens with two attached hydrogens (primary N) is 1. The molecule has 1 unspecified atom stereocenters. The van der Waals surface area contributed by atoms with Gasteiger partial charge < -0.3 is 10.5 Å². The molecule has 4 heteroatoms. The molecular weight excluding hydrogens is 270 g/mol. The third-order valence-electron chi connectivity index (χ3n) is 3.86. The molecular formula is C16H25NO2S. The first-order valence-corrected chi connectivity index (χ1v) is 9.04. The quantitative estimate of drug-likeness (QED) is 0.750. The van der Waals surface area contributed by atoms with Gasteiger partial charge in [0.1, 0.15) is 5.75 Å². The van der Waals surface area contributed by atoms with Gasteiger partial charge in [-0.05, 0) is 31.2 Å². The Labute approximate surface area is 124 Å². The maximum Gasteiger partial charge on any atom is 0.123 e. The van der Waals surface area contributed by atoms with E-state index in [9.17, 15) is 4.21 Å². The summed E-state index contributed by atoms with van der Waals surface area (Å²) in [4.78, 5) is 0. The van der Waals surface area contributed by atoms with Gasteiger partial charge in [-0.25, -0.2) is 0 Å². The molecule has 20 heavy (non-hydrogen) atoms. The average Bonchev–Trinajstić information content (AvgIpc) is 2.97. The number of hydrogen-bond acceptors (Lipinski definition) is 3. The minimum atomic E-state index is -0.680. The Bertz CT molecular complexity index is 430. The highest BCUT2D eigenvalue weighted by molar-refractivity contribution is 7.84. The minimum absolute atomic E-state index is 0.490. The van der Waals surface area contributed by atoms with Gasteiger partial charge in [-0.2, -0.15) is 0 Å². The van der Waals surface area contributed by atoms with Crippen molar-refractivity contribution in [3.8, 4) is 5.75 Å². The standard InChI is InChI=1S/C16H25NO2S/c17-12-15-8-3-4-9-16(15)19-10-5-11-20(18)13-14-6-1-2-7-14/h3-4,8-9,14H,1-2,5-7,10-13,17H2. The van der Waals surface area contributed by atoms with Gasteiger partial charge in [0, 0.05) is 34.4 Å². The molecule has 0 amide bonds. The van der Waals surface area contributed by atoms with Crippen LogP contribution in [0.3, 0.4) is 0 Å². The summed E-state index contributed by atoms with van der Waals surface area (Å²) in [5, 5.41) is 0. The lowest BCUT2D eigenvalue weighted by Crippen LogP contribution is -2.13. The molecule has 3 nitrogen and oxygen atoms in total. The molecule has 1 fully saturated rings. The number of para-hydroxylation sites is 1. The van der Waals surface area contributed by atoms with Crippen LogP contribution < -0.4 is 10.5 Å². The van der Waals surface area contributed by atoms with E-state index in [1.807, 2.05) is 24.3 Å². The summed E-state index contributed by atoms with van der Waals surface area (Å²) in [7, 11) is -0.680. The second kappa shape index (κ2) is 8.42. The molecule has 0 aromatic heterocycles. The van der Waals surface area contributed by atoms with Crippen molar-refractivity contribution in [1.82, 2.24) is 0 Å². The van der Waals surface area contributed by atoms with E-state index in [-0.39, 0.29) is 0 Å². The van der Waals surface area contributed by atoms with Crippen LogP contribution in [0.1, 0.15) is 37.7 Å². The van der Waals surface area contributed by atoms with E-state index in [2.05, 4.69) is 0 Å². The van der Waals surface area contributed by atoms with Gasteiger partial charge in [0.05, 0.1) is 6.61 Å². The summed E-state index contributed by atoms with van der Waals surface area (Å²) in [6, 6.07) is 7.84. The fraction of sp³-hybridized carbons (Fsp3) is 0.625. The highest BCUT2D eigenvalue weighted by atomic mass is 32.2. The van der Waals surface area contributed by atoms with E-state index in [0.29, 0.717) is 19.1 Å². The van der Waals surface area contributed by atoms with E-state index in [1.165, 1.54) is 25.7 Å². The number of ether oxygens (including phenoxy) is 1. The summed E-state index contributed by atoms with van der Waals surface area (Å²) >= 11 is 0. The molecule has 0 heterocycles. The maximum absolute atomic E-state index is 12.0. The van der Waals surface area contributed by atoms with Gasteiger partial charge in [-0.3, -0.25) is 4.21 Å². The topological polar surface area (TPSA) is 52.3 Å². The summed E-state index contributed by atoms with van der Waals surface area (Å²) in [5.41, 5.74) is 6.69. The Morgan fingerprint density at radius 2 is 2.00 bits per heavy atom. The monoisotopic (exact) mass is 295 g/mol. The predicted octanol–water partition coefficient (Wildman–Crippen LogP) is 2.85. The second-order valence-electron chi connectivity index (χ2n) is 5.47. The van der Waals surface area contributed by atoms with E-state index in [4.69, 9.17) is 10.5 Å². The molecule has 0 radical (unpaired) electrons.